The highest BCUT2D eigenvalue weighted by Gasteiger charge is 2.13. The molecule has 0 aromatic heterocycles. The lowest BCUT2D eigenvalue weighted by Crippen LogP contribution is -2.34. The van der Waals surface area contributed by atoms with Crippen molar-refractivity contribution < 1.29 is 28.7 Å². The van der Waals surface area contributed by atoms with Crippen LogP contribution in [-0.2, 0) is 14.3 Å². The highest BCUT2D eigenvalue weighted by Crippen LogP contribution is 2.15. The van der Waals surface area contributed by atoms with Crippen molar-refractivity contribution in [2.24, 2.45) is 0 Å². The highest BCUT2D eigenvalue weighted by atomic mass is 16.6. The normalized spacial score (nSPS) is 10.1. The van der Waals surface area contributed by atoms with Crippen LogP contribution in [0.15, 0.2) is 84.9 Å². The number of amides is 2. The molecule has 0 aliphatic rings. The zero-order valence-electron chi connectivity index (χ0n) is 16.4. The minimum absolute atomic E-state index is 0.123. The molecule has 0 atom stereocenters. The number of ketones is 1. The van der Waals surface area contributed by atoms with Crippen LogP contribution in [-0.4, -0.2) is 36.8 Å². The van der Waals surface area contributed by atoms with Gasteiger partial charge in [-0.1, -0.05) is 48.5 Å². The maximum atomic E-state index is 12.4. The largest absolute Gasteiger partial charge is 0.482 e. The van der Waals surface area contributed by atoms with E-state index in [0.29, 0.717) is 22.4 Å². The van der Waals surface area contributed by atoms with Gasteiger partial charge in [0.25, 0.3) is 11.8 Å². The molecule has 3 aromatic carbocycles. The number of benzene rings is 3. The van der Waals surface area contributed by atoms with Gasteiger partial charge in [0.1, 0.15) is 5.75 Å². The second kappa shape index (κ2) is 10.5. The average Bonchev–Trinajstić information content (AvgIpc) is 2.82. The monoisotopic (exact) mass is 417 g/mol. The van der Waals surface area contributed by atoms with Gasteiger partial charge < -0.3 is 9.47 Å². The molecule has 0 aliphatic carbocycles. The molecule has 7 nitrogen and oxygen atoms in total. The smallest absolute Gasteiger partial charge is 0.344 e. The Morgan fingerprint density at radius 3 is 1.81 bits per heavy atom. The SMILES string of the molecule is O=C(COC(=O)COc1ccc(C(=O)c2ccccc2)cc1)NC(=O)c1ccccc1. The summed E-state index contributed by atoms with van der Waals surface area (Å²) in [5.74, 6) is -1.85. The van der Waals surface area contributed by atoms with E-state index < -0.39 is 31.0 Å². The van der Waals surface area contributed by atoms with E-state index in [2.05, 4.69) is 5.32 Å². The number of rotatable bonds is 8. The molecule has 3 aromatic rings. The number of ether oxygens (including phenoxy) is 2. The number of carbonyl (C=O) groups is 4. The molecular formula is C24H19NO6. The van der Waals surface area contributed by atoms with Crippen LogP contribution in [0.2, 0.25) is 0 Å². The zero-order valence-corrected chi connectivity index (χ0v) is 16.4. The van der Waals surface area contributed by atoms with Crippen LogP contribution >= 0.6 is 0 Å². The number of imide groups is 1. The van der Waals surface area contributed by atoms with Gasteiger partial charge in [-0.3, -0.25) is 19.7 Å². The molecule has 0 unspecified atom stereocenters. The van der Waals surface area contributed by atoms with Gasteiger partial charge in [-0.2, -0.15) is 0 Å². The molecule has 0 saturated heterocycles. The molecule has 0 bridgehead atoms. The van der Waals surface area contributed by atoms with Crippen molar-refractivity contribution in [3.63, 3.8) is 0 Å². The lowest BCUT2D eigenvalue weighted by Gasteiger charge is -2.08. The van der Waals surface area contributed by atoms with Gasteiger partial charge in [0.2, 0.25) is 0 Å². The van der Waals surface area contributed by atoms with Crippen LogP contribution in [0.4, 0.5) is 0 Å². The van der Waals surface area contributed by atoms with Gasteiger partial charge in [-0.15, -0.1) is 0 Å². The topological polar surface area (TPSA) is 98.8 Å². The lowest BCUT2D eigenvalue weighted by molar-refractivity contribution is -0.150. The van der Waals surface area contributed by atoms with E-state index in [4.69, 9.17) is 9.47 Å². The molecule has 31 heavy (non-hydrogen) atoms. The predicted octanol–water partition coefficient (Wildman–Crippen LogP) is 2.80. The summed E-state index contributed by atoms with van der Waals surface area (Å²) in [6.45, 7) is -1.03. The Kier molecular flexibility index (Phi) is 7.26. The molecule has 0 fully saturated rings. The van der Waals surface area contributed by atoms with Gasteiger partial charge in [0.05, 0.1) is 0 Å². The van der Waals surface area contributed by atoms with Crippen molar-refractivity contribution >= 4 is 23.6 Å². The van der Waals surface area contributed by atoms with Crippen molar-refractivity contribution in [3.8, 4) is 5.75 Å². The van der Waals surface area contributed by atoms with Crippen molar-refractivity contribution in [2.75, 3.05) is 13.2 Å². The highest BCUT2D eigenvalue weighted by molar-refractivity contribution is 6.09. The summed E-state index contributed by atoms with van der Waals surface area (Å²) in [4.78, 5) is 47.7. The Morgan fingerprint density at radius 2 is 1.19 bits per heavy atom. The fraction of sp³-hybridized carbons (Fsp3) is 0.0833. The third-order valence-electron chi connectivity index (χ3n) is 4.16. The number of esters is 1. The minimum Gasteiger partial charge on any atom is -0.482 e. The fourth-order valence-corrected chi connectivity index (χ4v) is 2.61. The molecule has 3 rings (SSSR count). The molecular weight excluding hydrogens is 398 g/mol. The predicted molar refractivity (Wildman–Crippen MR) is 112 cm³/mol. The third-order valence-corrected chi connectivity index (χ3v) is 4.16. The molecule has 0 saturated carbocycles. The quantitative estimate of drug-likeness (QED) is 0.447. The van der Waals surface area contributed by atoms with E-state index in [9.17, 15) is 19.2 Å². The summed E-state index contributed by atoms with van der Waals surface area (Å²) in [6.07, 6.45) is 0. The first-order valence-electron chi connectivity index (χ1n) is 9.40. The van der Waals surface area contributed by atoms with Crippen LogP contribution < -0.4 is 10.1 Å². The lowest BCUT2D eigenvalue weighted by atomic mass is 10.0. The van der Waals surface area contributed by atoms with Crippen LogP contribution in [0, 0.1) is 0 Å². The number of carbonyl (C=O) groups excluding carboxylic acids is 4. The summed E-state index contributed by atoms with van der Waals surface area (Å²) in [5.41, 5.74) is 1.38. The van der Waals surface area contributed by atoms with Crippen LogP contribution in [0.25, 0.3) is 0 Å². The molecule has 0 radical (unpaired) electrons. The van der Waals surface area contributed by atoms with Crippen molar-refractivity contribution in [1.29, 1.82) is 0 Å². The molecule has 0 heterocycles. The van der Waals surface area contributed by atoms with Gasteiger partial charge >= 0.3 is 5.97 Å². The Labute approximate surface area is 178 Å². The molecule has 2 amide bonds. The summed E-state index contributed by atoms with van der Waals surface area (Å²) in [6, 6.07) is 23.4. The number of nitrogens with one attached hydrogen (secondary N) is 1. The molecule has 7 heteroatoms. The van der Waals surface area contributed by atoms with E-state index in [1.54, 1.807) is 78.9 Å². The first kappa shape index (κ1) is 21.4. The first-order valence-corrected chi connectivity index (χ1v) is 9.40. The standard InChI is InChI=1S/C24H19NO6/c26-21(25-24(29)19-9-5-2-6-10-19)15-31-22(27)16-30-20-13-11-18(12-14-20)23(28)17-7-3-1-4-8-17/h1-14H,15-16H2,(H,25,26,29). The summed E-state index contributed by atoms with van der Waals surface area (Å²) in [7, 11) is 0. The van der Waals surface area contributed by atoms with E-state index in [1.165, 1.54) is 0 Å². The Bertz CT molecular complexity index is 1060. The van der Waals surface area contributed by atoms with Gasteiger partial charge in [-0.05, 0) is 36.4 Å². The Balaban J connectivity index is 1.42. The molecule has 156 valence electrons. The molecule has 0 spiro atoms. The Morgan fingerprint density at radius 1 is 0.645 bits per heavy atom. The fourth-order valence-electron chi connectivity index (χ4n) is 2.61. The summed E-state index contributed by atoms with van der Waals surface area (Å²) < 4.78 is 10.1. The van der Waals surface area contributed by atoms with Crippen LogP contribution in [0.3, 0.4) is 0 Å². The van der Waals surface area contributed by atoms with Gasteiger partial charge in [0, 0.05) is 16.7 Å². The first-order chi connectivity index (χ1) is 15.0. The minimum atomic E-state index is -0.772. The maximum Gasteiger partial charge on any atom is 0.344 e. The number of hydrogen-bond acceptors (Lipinski definition) is 6. The summed E-state index contributed by atoms with van der Waals surface area (Å²) in [5, 5.41) is 2.13. The van der Waals surface area contributed by atoms with E-state index >= 15 is 0 Å². The average molecular weight is 417 g/mol. The second-order valence-electron chi connectivity index (χ2n) is 6.41. The van der Waals surface area contributed by atoms with Crippen molar-refractivity contribution in [3.05, 3.63) is 102 Å². The maximum absolute atomic E-state index is 12.4. The van der Waals surface area contributed by atoms with E-state index in [0.717, 1.165) is 0 Å². The van der Waals surface area contributed by atoms with Crippen LogP contribution in [0.5, 0.6) is 5.75 Å². The Hall–Kier alpha value is -4.26. The van der Waals surface area contributed by atoms with Gasteiger partial charge in [-0.25, -0.2) is 4.79 Å². The van der Waals surface area contributed by atoms with Crippen LogP contribution in [0.1, 0.15) is 26.3 Å². The van der Waals surface area contributed by atoms with Crippen molar-refractivity contribution in [2.45, 2.75) is 0 Å². The van der Waals surface area contributed by atoms with Crippen molar-refractivity contribution in [1.82, 2.24) is 5.32 Å². The molecule has 0 aliphatic heterocycles. The van der Waals surface area contributed by atoms with E-state index in [1.807, 2.05) is 6.07 Å². The second-order valence-corrected chi connectivity index (χ2v) is 6.41. The summed E-state index contributed by atoms with van der Waals surface area (Å²) >= 11 is 0. The zero-order chi connectivity index (χ0) is 22.1. The van der Waals surface area contributed by atoms with E-state index in [-0.39, 0.29) is 5.78 Å². The van der Waals surface area contributed by atoms with Gasteiger partial charge in [0.15, 0.2) is 19.0 Å². The third kappa shape index (κ3) is 6.37. The molecule has 1 N–H and O–H groups in total. The number of hydrogen-bond donors (Lipinski definition) is 1.